The first kappa shape index (κ1) is 14.8. The van der Waals surface area contributed by atoms with E-state index in [9.17, 15) is 4.79 Å². The molecule has 1 aliphatic heterocycles. The molecule has 0 aromatic carbocycles. The van der Waals surface area contributed by atoms with Gasteiger partial charge in [-0.2, -0.15) is 0 Å². The Balaban J connectivity index is 1.78. The van der Waals surface area contributed by atoms with Crippen LogP contribution in [-0.2, 0) is 0 Å². The molecule has 5 heteroatoms. The van der Waals surface area contributed by atoms with Crippen LogP contribution in [0.2, 0.25) is 0 Å². The van der Waals surface area contributed by atoms with Crippen molar-refractivity contribution in [1.29, 1.82) is 0 Å². The lowest BCUT2D eigenvalue weighted by molar-refractivity contribution is 0.0940. The summed E-state index contributed by atoms with van der Waals surface area (Å²) >= 11 is 0. The normalized spacial score (nSPS) is 16.9. The predicted octanol–water partition coefficient (Wildman–Crippen LogP) is 1.58. The topological polar surface area (TPSA) is 57.3 Å². The Kier molecular flexibility index (Phi) is 5.35. The van der Waals surface area contributed by atoms with E-state index in [0.717, 1.165) is 6.54 Å². The summed E-state index contributed by atoms with van der Waals surface area (Å²) in [7, 11) is 1.79. The van der Waals surface area contributed by atoms with Crippen molar-refractivity contribution in [2.75, 3.05) is 38.5 Å². The first-order chi connectivity index (χ1) is 9.69. The van der Waals surface area contributed by atoms with Gasteiger partial charge in [-0.05, 0) is 44.0 Å². The molecule has 2 heterocycles. The molecule has 1 unspecified atom stereocenters. The van der Waals surface area contributed by atoms with Crippen molar-refractivity contribution >= 4 is 11.7 Å². The standard InChI is InChI=1S/C15H24N4O/c1-12(11-19-8-3-4-9-19)10-17-15(20)13-6-5-7-14(16-2)18-13/h5-7,12H,3-4,8-11H2,1-2H3,(H,16,18)(H,17,20). The van der Waals surface area contributed by atoms with Crippen LogP contribution in [0.25, 0.3) is 0 Å². The lowest BCUT2D eigenvalue weighted by Crippen LogP contribution is -2.34. The first-order valence-corrected chi connectivity index (χ1v) is 7.34. The number of anilines is 1. The molecule has 0 radical (unpaired) electrons. The number of amides is 1. The van der Waals surface area contributed by atoms with Crippen LogP contribution in [0.3, 0.4) is 0 Å². The molecule has 5 nitrogen and oxygen atoms in total. The van der Waals surface area contributed by atoms with Gasteiger partial charge in [0.25, 0.3) is 5.91 Å². The summed E-state index contributed by atoms with van der Waals surface area (Å²) in [5.74, 6) is 1.07. The third kappa shape index (κ3) is 4.20. The van der Waals surface area contributed by atoms with E-state index in [0.29, 0.717) is 24.0 Å². The number of pyridine rings is 1. The van der Waals surface area contributed by atoms with E-state index in [1.54, 1.807) is 13.1 Å². The summed E-state index contributed by atoms with van der Waals surface area (Å²) in [6.07, 6.45) is 2.61. The fraction of sp³-hybridized carbons (Fsp3) is 0.600. The van der Waals surface area contributed by atoms with E-state index >= 15 is 0 Å². The van der Waals surface area contributed by atoms with Gasteiger partial charge in [0, 0.05) is 20.1 Å². The van der Waals surface area contributed by atoms with Crippen molar-refractivity contribution in [3.8, 4) is 0 Å². The second-order valence-electron chi connectivity index (χ2n) is 5.48. The van der Waals surface area contributed by atoms with Crippen molar-refractivity contribution in [2.24, 2.45) is 5.92 Å². The molecule has 0 bridgehead atoms. The van der Waals surface area contributed by atoms with Gasteiger partial charge >= 0.3 is 0 Å². The van der Waals surface area contributed by atoms with E-state index in [1.807, 2.05) is 12.1 Å². The minimum atomic E-state index is -0.102. The molecule has 1 atom stereocenters. The Hall–Kier alpha value is -1.62. The summed E-state index contributed by atoms with van der Waals surface area (Å²) in [5, 5.41) is 5.91. The molecular weight excluding hydrogens is 252 g/mol. The number of nitrogens with one attached hydrogen (secondary N) is 2. The maximum atomic E-state index is 12.0. The smallest absolute Gasteiger partial charge is 0.269 e. The number of nitrogens with zero attached hydrogens (tertiary/aromatic N) is 2. The van der Waals surface area contributed by atoms with E-state index in [-0.39, 0.29) is 5.91 Å². The van der Waals surface area contributed by atoms with Gasteiger partial charge < -0.3 is 15.5 Å². The van der Waals surface area contributed by atoms with Crippen LogP contribution in [0.1, 0.15) is 30.3 Å². The molecule has 2 rings (SSSR count). The zero-order chi connectivity index (χ0) is 14.4. The van der Waals surface area contributed by atoms with Gasteiger partial charge in [0.15, 0.2) is 0 Å². The number of rotatable bonds is 6. The van der Waals surface area contributed by atoms with Gasteiger partial charge in [-0.3, -0.25) is 4.79 Å². The molecular formula is C15H24N4O. The highest BCUT2D eigenvalue weighted by molar-refractivity contribution is 5.92. The van der Waals surface area contributed by atoms with E-state index in [1.165, 1.54) is 25.9 Å². The van der Waals surface area contributed by atoms with Crippen LogP contribution >= 0.6 is 0 Å². The Labute approximate surface area is 120 Å². The van der Waals surface area contributed by atoms with Gasteiger partial charge in [0.1, 0.15) is 11.5 Å². The van der Waals surface area contributed by atoms with Gasteiger partial charge in [-0.15, -0.1) is 0 Å². The molecule has 0 aliphatic carbocycles. The van der Waals surface area contributed by atoms with E-state index in [2.05, 4.69) is 27.4 Å². The lowest BCUT2D eigenvalue weighted by atomic mass is 10.1. The van der Waals surface area contributed by atoms with Gasteiger partial charge in [-0.1, -0.05) is 13.0 Å². The van der Waals surface area contributed by atoms with Crippen molar-refractivity contribution in [3.63, 3.8) is 0 Å². The highest BCUT2D eigenvalue weighted by atomic mass is 16.1. The molecule has 20 heavy (non-hydrogen) atoms. The maximum absolute atomic E-state index is 12.0. The summed E-state index contributed by atoms with van der Waals surface area (Å²) in [6.45, 7) is 6.33. The Morgan fingerprint density at radius 2 is 2.15 bits per heavy atom. The third-order valence-corrected chi connectivity index (χ3v) is 3.62. The fourth-order valence-corrected chi connectivity index (χ4v) is 2.53. The highest BCUT2D eigenvalue weighted by Gasteiger charge is 2.15. The molecule has 2 N–H and O–H groups in total. The van der Waals surface area contributed by atoms with Crippen molar-refractivity contribution in [2.45, 2.75) is 19.8 Å². The average molecular weight is 276 g/mol. The maximum Gasteiger partial charge on any atom is 0.269 e. The van der Waals surface area contributed by atoms with Crippen molar-refractivity contribution in [3.05, 3.63) is 23.9 Å². The fourth-order valence-electron chi connectivity index (χ4n) is 2.53. The van der Waals surface area contributed by atoms with Crippen LogP contribution in [0.4, 0.5) is 5.82 Å². The van der Waals surface area contributed by atoms with Gasteiger partial charge in [-0.25, -0.2) is 4.98 Å². The zero-order valence-corrected chi connectivity index (χ0v) is 12.4. The molecule has 1 saturated heterocycles. The summed E-state index contributed by atoms with van der Waals surface area (Å²) < 4.78 is 0. The van der Waals surface area contributed by atoms with E-state index < -0.39 is 0 Å². The van der Waals surface area contributed by atoms with Crippen LogP contribution in [0, 0.1) is 5.92 Å². The molecule has 1 amide bonds. The summed E-state index contributed by atoms with van der Waals surface area (Å²) in [5.41, 5.74) is 0.463. The van der Waals surface area contributed by atoms with Crippen LogP contribution < -0.4 is 10.6 Å². The number of carbonyl (C=O) groups excluding carboxylic acids is 1. The number of hydrogen-bond acceptors (Lipinski definition) is 4. The van der Waals surface area contributed by atoms with Crippen molar-refractivity contribution < 1.29 is 4.79 Å². The largest absolute Gasteiger partial charge is 0.373 e. The first-order valence-electron chi connectivity index (χ1n) is 7.34. The SMILES string of the molecule is CNc1cccc(C(=O)NCC(C)CN2CCCC2)n1. The van der Waals surface area contributed by atoms with Gasteiger partial charge in [0.05, 0.1) is 0 Å². The Morgan fingerprint density at radius 3 is 2.85 bits per heavy atom. The second-order valence-corrected chi connectivity index (χ2v) is 5.48. The Bertz CT molecular complexity index is 443. The molecule has 0 saturated carbocycles. The van der Waals surface area contributed by atoms with Gasteiger partial charge in [0.2, 0.25) is 0 Å². The second kappa shape index (κ2) is 7.24. The number of likely N-dealkylation sites (tertiary alicyclic amines) is 1. The van der Waals surface area contributed by atoms with E-state index in [4.69, 9.17) is 0 Å². The molecule has 1 aromatic rings. The Morgan fingerprint density at radius 1 is 1.40 bits per heavy atom. The molecule has 1 fully saturated rings. The predicted molar refractivity (Wildman–Crippen MR) is 81.0 cm³/mol. The molecule has 1 aliphatic rings. The highest BCUT2D eigenvalue weighted by Crippen LogP contribution is 2.10. The summed E-state index contributed by atoms with van der Waals surface area (Å²) in [6, 6.07) is 5.41. The van der Waals surface area contributed by atoms with Crippen molar-refractivity contribution in [1.82, 2.24) is 15.2 Å². The number of aromatic nitrogens is 1. The van der Waals surface area contributed by atoms with Crippen LogP contribution in [0.5, 0.6) is 0 Å². The third-order valence-electron chi connectivity index (χ3n) is 3.62. The van der Waals surface area contributed by atoms with Crippen LogP contribution in [-0.4, -0.2) is 49.0 Å². The quantitative estimate of drug-likeness (QED) is 0.828. The lowest BCUT2D eigenvalue weighted by Gasteiger charge is -2.20. The molecule has 1 aromatic heterocycles. The minimum absolute atomic E-state index is 0.102. The molecule has 0 spiro atoms. The number of hydrogen-bond donors (Lipinski definition) is 2. The number of carbonyl (C=O) groups is 1. The minimum Gasteiger partial charge on any atom is -0.373 e. The average Bonchev–Trinajstić information content (AvgIpc) is 2.97. The summed E-state index contributed by atoms with van der Waals surface area (Å²) in [4.78, 5) is 18.7. The monoisotopic (exact) mass is 276 g/mol. The zero-order valence-electron chi connectivity index (χ0n) is 12.4. The molecule has 110 valence electrons. The van der Waals surface area contributed by atoms with Crippen LogP contribution in [0.15, 0.2) is 18.2 Å².